The first-order chi connectivity index (χ1) is 7.53. The average Bonchev–Trinajstić information content (AvgIpc) is 2.28. The molecule has 0 aromatic heterocycles. The lowest BCUT2D eigenvalue weighted by atomic mass is 10.2. The van der Waals surface area contributed by atoms with Crippen LogP contribution in [0.3, 0.4) is 0 Å². The Bertz CT molecular complexity index is 342. The van der Waals surface area contributed by atoms with Crippen molar-refractivity contribution in [1.82, 2.24) is 14.9 Å². The summed E-state index contributed by atoms with van der Waals surface area (Å²) in [6.07, 6.45) is 0.562. The predicted octanol–water partition coefficient (Wildman–Crippen LogP) is -1.25. The van der Waals surface area contributed by atoms with E-state index < -0.39 is 16.1 Å². The van der Waals surface area contributed by atoms with Crippen LogP contribution in [0.2, 0.25) is 0 Å². The molecule has 1 atom stereocenters. The van der Waals surface area contributed by atoms with Crippen LogP contribution in [0.15, 0.2) is 0 Å². The van der Waals surface area contributed by atoms with Gasteiger partial charge in [0, 0.05) is 26.7 Å². The van der Waals surface area contributed by atoms with Gasteiger partial charge in [0.1, 0.15) is 6.04 Å². The van der Waals surface area contributed by atoms with Gasteiger partial charge in [-0.05, 0) is 6.42 Å². The molecule has 1 aliphatic heterocycles. The summed E-state index contributed by atoms with van der Waals surface area (Å²) in [5, 5.41) is 5.52. The average molecular weight is 249 g/mol. The maximum Gasteiger partial charge on any atom is 0.239 e. The zero-order valence-corrected chi connectivity index (χ0v) is 10.5. The first-order valence-electron chi connectivity index (χ1n) is 5.44. The van der Waals surface area contributed by atoms with Crippen LogP contribution in [-0.2, 0) is 14.8 Å². The van der Waals surface area contributed by atoms with Gasteiger partial charge in [-0.1, -0.05) is 6.92 Å². The van der Waals surface area contributed by atoms with Gasteiger partial charge in [0.05, 0.1) is 5.75 Å². The summed E-state index contributed by atoms with van der Waals surface area (Å²) in [5.41, 5.74) is 0. The number of likely N-dealkylation sites (N-methyl/N-ethyl adjacent to an activating group) is 1. The highest BCUT2D eigenvalue weighted by atomic mass is 32.2. The third kappa shape index (κ3) is 2.93. The summed E-state index contributed by atoms with van der Waals surface area (Å²) in [7, 11) is -1.79. The van der Waals surface area contributed by atoms with E-state index in [4.69, 9.17) is 0 Å². The first-order valence-corrected chi connectivity index (χ1v) is 7.05. The molecule has 0 aromatic carbocycles. The number of hydrogen-bond donors (Lipinski definition) is 2. The van der Waals surface area contributed by atoms with Gasteiger partial charge >= 0.3 is 0 Å². The van der Waals surface area contributed by atoms with Crippen molar-refractivity contribution < 1.29 is 13.2 Å². The smallest absolute Gasteiger partial charge is 0.239 e. The second-order valence-electron chi connectivity index (χ2n) is 3.76. The highest BCUT2D eigenvalue weighted by molar-refractivity contribution is 7.89. The molecule has 0 saturated carbocycles. The Labute approximate surface area is 96.4 Å². The van der Waals surface area contributed by atoms with Crippen LogP contribution in [0, 0.1) is 0 Å². The third-order valence-electron chi connectivity index (χ3n) is 2.56. The molecule has 1 saturated heterocycles. The number of hydrogen-bond acceptors (Lipinski definition) is 4. The number of nitrogens with one attached hydrogen (secondary N) is 2. The van der Waals surface area contributed by atoms with E-state index in [0.29, 0.717) is 26.1 Å². The van der Waals surface area contributed by atoms with Crippen molar-refractivity contribution in [2.24, 2.45) is 0 Å². The molecule has 1 aliphatic rings. The van der Waals surface area contributed by atoms with Crippen molar-refractivity contribution in [2.45, 2.75) is 19.4 Å². The summed E-state index contributed by atoms with van der Waals surface area (Å²) in [6.45, 7) is 3.15. The number of carbonyl (C=O) groups is 1. The van der Waals surface area contributed by atoms with Gasteiger partial charge in [0.25, 0.3) is 0 Å². The van der Waals surface area contributed by atoms with Gasteiger partial charge in [0.15, 0.2) is 0 Å². The van der Waals surface area contributed by atoms with Gasteiger partial charge in [-0.25, -0.2) is 8.42 Å². The predicted molar refractivity (Wildman–Crippen MR) is 61.5 cm³/mol. The van der Waals surface area contributed by atoms with Crippen LogP contribution >= 0.6 is 0 Å². The normalized spacial score (nSPS) is 23.0. The summed E-state index contributed by atoms with van der Waals surface area (Å²) in [5.74, 6) is -0.160. The Hall–Kier alpha value is -0.660. The summed E-state index contributed by atoms with van der Waals surface area (Å²) in [6, 6.07) is -0.615. The molecule has 1 unspecified atom stereocenters. The topological polar surface area (TPSA) is 78.5 Å². The lowest BCUT2D eigenvalue weighted by molar-refractivity contribution is -0.124. The minimum atomic E-state index is -3.31. The molecule has 94 valence electrons. The van der Waals surface area contributed by atoms with E-state index in [-0.39, 0.29) is 11.7 Å². The number of nitrogens with zero attached hydrogens (tertiary/aromatic N) is 1. The molecular formula is C9H19N3O3S. The number of carbonyl (C=O) groups excluding carboxylic acids is 1. The van der Waals surface area contributed by atoms with Crippen LogP contribution in [0.4, 0.5) is 0 Å². The SMILES string of the molecule is CCCS(=O)(=O)N1CCNCC1C(=O)NC. The number of amides is 1. The lowest BCUT2D eigenvalue weighted by Gasteiger charge is -2.33. The highest BCUT2D eigenvalue weighted by Gasteiger charge is 2.35. The standard InChI is InChI=1S/C9H19N3O3S/c1-3-6-16(14,15)12-5-4-11-7-8(12)9(13)10-2/h8,11H,3-7H2,1-2H3,(H,10,13). The van der Waals surface area contributed by atoms with Crippen molar-refractivity contribution in [1.29, 1.82) is 0 Å². The monoisotopic (exact) mass is 249 g/mol. The van der Waals surface area contributed by atoms with Crippen LogP contribution in [0.25, 0.3) is 0 Å². The molecule has 0 aliphatic carbocycles. The van der Waals surface area contributed by atoms with Gasteiger partial charge in [-0.15, -0.1) is 0 Å². The molecule has 0 radical (unpaired) electrons. The fourth-order valence-corrected chi connectivity index (χ4v) is 3.46. The van der Waals surface area contributed by atoms with E-state index in [2.05, 4.69) is 10.6 Å². The molecule has 1 fully saturated rings. The van der Waals surface area contributed by atoms with Crippen molar-refractivity contribution in [2.75, 3.05) is 32.4 Å². The van der Waals surface area contributed by atoms with Crippen molar-refractivity contribution in [3.63, 3.8) is 0 Å². The molecule has 0 bridgehead atoms. The van der Waals surface area contributed by atoms with E-state index in [1.165, 1.54) is 11.4 Å². The van der Waals surface area contributed by atoms with Gasteiger partial charge < -0.3 is 10.6 Å². The largest absolute Gasteiger partial charge is 0.358 e. The minimum Gasteiger partial charge on any atom is -0.358 e. The summed E-state index contributed by atoms with van der Waals surface area (Å²) < 4.78 is 25.2. The molecule has 2 N–H and O–H groups in total. The summed E-state index contributed by atoms with van der Waals surface area (Å²) in [4.78, 5) is 11.6. The second kappa shape index (κ2) is 5.60. The molecule has 1 heterocycles. The van der Waals surface area contributed by atoms with E-state index in [1.807, 2.05) is 6.92 Å². The minimum absolute atomic E-state index is 0.0977. The summed E-state index contributed by atoms with van der Waals surface area (Å²) >= 11 is 0. The molecule has 1 rings (SSSR count). The molecule has 0 aromatic rings. The van der Waals surface area contributed by atoms with Crippen molar-refractivity contribution in [3.05, 3.63) is 0 Å². The van der Waals surface area contributed by atoms with E-state index in [9.17, 15) is 13.2 Å². The molecule has 7 heteroatoms. The zero-order valence-electron chi connectivity index (χ0n) is 9.69. The number of piperazine rings is 1. The van der Waals surface area contributed by atoms with E-state index in [0.717, 1.165) is 0 Å². The zero-order chi connectivity index (χ0) is 12.2. The first kappa shape index (κ1) is 13.4. The Morgan fingerprint density at radius 1 is 1.56 bits per heavy atom. The van der Waals surface area contributed by atoms with Crippen LogP contribution in [-0.4, -0.2) is 57.1 Å². The van der Waals surface area contributed by atoms with Crippen LogP contribution in [0.1, 0.15) is 13.3 Å². The molecule has 0 spiro atoms. The lowest BCUT2D eigenvalue weighted by Crippen LogP contribution is -2.59. The quantitative estimate of drug-likeness (QED) is 0.652. The van der Waals surface area contributed by atoms with Crippen molar-refractivity contribution in [3.8, 4) is 0 Å². The highest BCUT2D eigenvalue weighted by Crippen LogP contribution is 2.11. The number of sulfonamides is 1. The van der Waals surface area contributed by atoms with Gasteiger partial charge in [-0.2, -0.15) is 4.31 Å². The molecular weight excluding hydrogens is 230 g/mol. The van der Waals surface area contributed by atoms with Crippen LogP contribution in [0.5, 0.6) is 0 Å². The molecule has 16 heavy (non-hydrogen) atoms. The van der Waals surface area contributed by atoms with E-state index >= 15 is 0 Å². The Morgan fingerprint density at radius 2 is 2.25 bits per heavy atom. The Balaban J connectivity index is 2.86. The maximum atomic E-state index is 11.9. The third-order valence-corrected chi connectivity index (χ3v) is 4.64. The Morgan fingerprint density at radius 3 is 2.81 bits per heavy atom. The van der Waals surface area contributed by atoms with E-state index in [1.54, 1.807) is 0 Å². The van der Waals surface area contributed by atoms with Crippen LogP contribution < -0.4 is 10.6 Å². The van der Waals surface area contributed by atoms with Crippen molar-refractivity contribution >= 4 is 15.9 Å². The Kier molecular flexibility index (Phi) is 4.69. The van der Waals surface area contributed by atoms with Gasteiger partial charge in [0.2, 0.25) is 15.9 Å². The van der Waals surface area contributed by atoms with Gasteiger partial charge in [-0.3, -0.25) is 4.79 Å². The maximum absolute atomic E-state index is 11.9. The second-order valence-corrected chi connectivity index (χ2v) is 5.80. The number of rotatable bonds is 4. The fraction of sp³-hybridized carbons (Fsp3) is 0.889. The molecule has 1 amide bonds. The fourth-order valence-electron chi connectivity index (χ4n) is 1.78. The molecule has 6 nitrogen and oxygen atoms in total.